The second kappa shape index (κ2) is 22.3. The Hall–Kier alpha value is -3.48. The molecule has 0 bridgehead atoms. The van der Waals surface area contributed by atoms with E-state index in [1.807, 2.05) is 5.48 Å². The van der Waals surface area contributed by atoms with Crippen molar-refractivity contribution in [3.05, 3.63) is 12.8 Å². The molecule has 13 nitrogen and oxygen atoms in total. The Morgan fingerprint density at radius 1 is 0.829 bits per heavy atom. The number of nitrogens with zero attached hydrogens (tertiary/aromatic N) is 1. The molecule has 35 heavy (non-hydrogen) atoms. The van der Waals surface area contributed by atoms with E-state index in [0.717, 1.165) is 6.26 Å². The number of nitrogens with one attached hydrogen (secondary N) is 1. The van der Waals surface area contributed by atoms with E-state index in [2.05, 4.69) is 20.9 Å². The Morgan fingerprint density at radius 3 is 1.97 bits per heavy atom. The summed E-state index contributed by atoms with van der Waals surface area (Å²) in [6, 6.07) is 0. The van der Waals surface area contributed by atoms with Crippen LogP contribution in [0.5, 0.6) is 0 Å². The number of carbonyl (C=O) groups excluding carboxylic acids is 6. The maximum atomic E-state index is 11.5. The van der Waals surface area contributed by atoms with Gasteiger partial charge in [-0.15, -0.1) is 0 Å². The van der Waals surface area contributed by atoms with E-state index in [1.165, 1.54) is 12.0 Å². The average molecular weight is 505 g/mol. The van der Waals surface area contributed by atoms with Gasteiger partial charge in [0.1, 0.15) is 6.61 Å². The second-order valence-electron chi connectivity index (χ2n) is 6.61. The van der Waals surface area contributed by atoms with Crippen LogP contribution in [0.1, 0.15) is 52.4 Å². The fourth-order valence-electron chi connectivity index (χ4n) is 1.95. The van der Waals surface area contributed by atoms with Crippen LogP contribution >= 0.6 is 0 Å². The lowest BCUT2D eigenvalue weighted by Gasteiger charge is -2.16. The minimum Gasteiger partial charge on any atom is -0.466 e. The maximum absolute atomic E-state index is 11.5. The van der Waals surface area contributed by atoms with E-state index in [-0.39, 0.29) is 69.9 Å². The zero-order valence-corrected chi connectivity index (χ0v) is 20.8. The van der Waals surface area contributed by atoms with Gasteiger partial charge in [0.2, 0.25) is 5.91 Å². The minimum atomic E-state index is -0.543. The molecule has 1 N–H and O–H groups in total. The number of hydroxylamine groups is 1. The molecule has 0 unspecified atom stereocenters. The zero-order valence-electron chi connectivity index (χ0n) is 20.8. The van der Waals surface area contributed by atoms with Crippen molar-refractivity contribution < 1.29 is 52.6 Å². The topological polar surface area (TPSA) is 164 Å². The molecule has 0 saturated carbocycles. The number of hydrogen-bond acceptors (Lipinski definition) is 11. The molecular weight excluding hydrogens is 468 g/mol. The van der Waals surface area contributed by atoms with E-state index >= 15 is 0 Å². The Kier molecular flexibility index (Phi) is 21.5. The standard InChI is InChI=1S/C12H19NO5.C10H17NO6/c1-4-11(15)18-9-7-10(14)13(3)8-6-12(16)17-5-2;1-3-9(13)16-6-4-5-10(14)17-7-8(12)11-15-2/h5H,2,4,6-9H2,1,3H3;3-7H2,1-2H3,(H,11,12). The molecule has 0 fully saturated rings. The number of carbonyl (C=O) groups is 6. The fraction of sp³-hybridized carbons (Fsp3) is 0.636. The van der Waals surface area contributed by atoms with Gasteiger partial charge in [0.25, 0.3) is 5.91 Å². The maximum Gasteiger partial charge on any atom is 0.312 e. The molecule has 0 aromatic carbocycles. The minimum absolute atomic E-state index is 0.0625. The van der Waals surface area contributed by atoms with Crippen LogP contribution in [0.2, 0.25) is 0 Å². The van der Waals surface area contributed by atoms with Crippen molar-refractivity contribution in [1.82, 2.24) is 10.4 Å². The summed E-state index contributed by atoms with van der Waals surface area (Å²) < 4.78 is 18.7. The van der Waals surface area contributed by atoms with E-state index in [0.29, 0.717) is 12.8 Å². The first-order chi connectivity index (χ1) is 16.6. The molecule has 0 spiro atoms. The molecule has 2 amide bonds. The molecule has 0 aliphatic carbocycles. The molecule has 0 heterocycles. The first-order valence-corrected chi connectivity index (χ1v) is 10.9. The number of hydrogen-bond donors (Lipinski definition) is 1. The first kappa shape index (κ1) is 33.7. The van der Waals surface area contributed by atoms with Gasteiger partial charge in [-0.2, -0.15) is 0 Å². The SMILES string of the molecule is C=COC(=O)CCN(C)C(=O)CCOC(=O)CC.CCC(=O)OCCCC(=O)OCC(=O)NOC. The highest BCUT2D eigenvalue weighted by Crippen LogP contribution is 1.97. The predicted molar refractivity (Wildman–Crippen MR) is 121 cm³/mol. The van der Waals surface area contributed by atoms with Crippen molar-refractivity contribution in [3.8, 4) is 0 Å². The molecule has 0 radical (unpaired) electrons. The number of rotatable bonds is 16. The molecule has 0 saturated heterocycles. The lowest BCUT2D eigenvalue weighted by molar-refractivity contribution is -0.152. The number of amides is 2. The highest BCUT2D eigenvalue weighted by atomic mass is 16.6. The van der Waals surface area contributed by atoms with Gasteiger partial charge in [0, 0.05) is 32.9 Å². The lowest BCUT2D eigenvalue weighted by atomic mass is 10.3. The third-order valence-corrected chi connectivity index (χ3v) is 3.82. The molecular formula is C22H36N2O11. The molecule has 0 aromatic rings. The van der Waals surface area contributed by atoms with Crippen LogP contribution in [0.15, 0.2) is 12.8 Å². The largest absolute Gasteiger partial charge is 0.466 e. The number of esters is 4. The van der Waals surface area contributed by atoms with Crippen LogP contribution in [-0.2, 0) is 52.6 Å². The van der Waals surface area contributed by atoms with E-state index < -0.39 is 17.8 Å². The summed E-state index contributed by atoms with van der Waals surface area (Å²) >= 11 is 0. The quantitative estimate of drug-likeness (QED) is 0.104. The molecule has 0 aliphatic heterocycles. The van der Waals surface area contributed by atoms with Crippen LogP contribution in [0.3, 0.4) is 0 Å². The third kappa shape index (κ3) is 22.1. The Morgan fingerprint density at radius 2 is 1.43 bits per heavy atom. The van der Waals surface area contributed by atoms with Gasteiger partial charge >= 0.3 is 23.9 Å². The van der Waals surface area contributed by atoms with Crippen molar-refractivity contribution in [2.45, 2.75) is 52.4 Å². The van der Waals surface area contributed by atoms with Crippen molar-refractivity contribution in [2.75, 3.05) is 40.5 Å². The zero-order chi connectivity index (χ0) is 27.1. The molecule has 0 aliphatic rings. The van der Waals surface area contributed by atoms with E-state index in [9.17, 15) is 28.8 Å². The summed E-state index contributed by atoms with van der Waals surface area (Å²) in [5.41, 5.74) is 2.01. The smallest absolute Gasteiger partial charge is 0.312 e. The van der Waals surface area contributed by atoms with Crippen LogP contribution in [0, 0.1) is 0 Å². The molecule has 0 atom stereocenters. The highest BCUT2D eigenvalue weighted by molar-refractivity contribution is 5.79. The van der Waals surface area contributed by atoms with Gasteiger partial charge in [0.15, 0.2) is 6.61 Å². The molecule has 0 rings (SSSR count). The molecule has 0 aromatic heterocycles. The summed E-state index contributed by atoms with van der Waals surface area (Å²) in [6.07, 6.45) is 2.32. The van der Waals surface area contributed by atoms with Gasteiger partial charge in [-0.1, -0.05) is 20.4 Å². The Labute approximate surface area is 205 Å². The molecule has 200 valence electrons. The van der Waals surface area contributed by atoms with Crippen LogP contribution in [0.25, 0.3) is 0 Å². The average Bonchev–Trinajstić information content (AvgIpc) is 2.84. The third-order valence-electron chi connectivity index (χ3n) is 3.82. The summed E-state index contributed by atoms with van der Waals surface area (Å²) in [4.78, 5) is 71.8. The van der Waals surface area contributed by atoms with Crippen molar-refractivity contribution in [2.24, 2.45) is 0 Å². The first-order valence-electron chi connectivity index (χ1n) is 10.9. The van der Waals surface area contributed by atoms with Crippen LogP contribution < -0.4 is 5.48 Å². The van der Waals surface area contributed by atoms with Crippen molar-refractivity contribution in [3.63, 3.8) is 0 Å². The van der Waals surface area contributed by atoms with Gasteiger partial charge < -0.3 is 23.8 Å². The van der Waals surface area contributed by atoms with Crippen molar-refractivity contribution in [1.29, 1.82) is 0 Å². The lowest BCUT2D eigenvalue weighted by Crippen LogP contribution is -2.30. The molecule has 13 heteroatoms. The van der Waals surface area contributed by atoms with E-state index in [4.69, 9.17) is 9.47 Å². The highest BCUT2D eigenvalue weighted by Gasteiger charge is 2.12. The van der Waals surface area contributed by atoms with Crippen LogP contribution in [0.4, 0.5) is 0 Å². The summed E-state index contributed by atoms with van der Waals surface area (Å²) in [6.45, 7) is 6.73. The number of ether oxygens (including phenoxy) is 4. The van der Waals surface area contributed by atoms with Gasteiger partial charge in [0.05, 0.1) is 32.8 Å². The predicted octanol–water partition coefficient (Wildman–Crippen LogP) is 0.806. The van der Waals surface area contributed by atoms with E-state index in [1.54, 1.807) is 20.9 Å². The summed E-state index contributed by atoms with van der Waals surface area (Å²) in [7, 11) is 2.85. The fourth-order valence-corrected chi connectivity index (χ4v) is 1.95. The second-order valence-corrected chi connectivity index (χ2v) is 6.61. The van der Waals surface area contributed by atoms with Gasteiger partial charge in [-0.05, 0) is 6.42 Å². The summed E-state index contributed by atoms with van der Waals surface area (Å²) in [5.74, 6) is -2.34. The Bertz CT molecular complexity index is 695. The summed E-state index contributed by atoms with van der Waals surface area (Å²) in [5, 5.41) is 0. The van der Waals surface area contributed by atoms with Crippen LogP contribution in [-0.4, -0.2) is 81.1 Å². The van der Waals surface area contributed by atoms with Gasteiger partial charge in [-0.25, -0.2) is 5.48 Å². The normalized spacial score (nSPS) is 9.49. The Balaban J connectivity index is 0. The van der Waals surface area contributed by atoms with Gasteiger partial charge in [-0.3, -0.25) is 33.6 Å². The monoisotopic (exact) mass is 504 g/mol. The van der Waals surface area contributed by atoms with Crippen molar-refractivity contribution >= 4 is 35.7 Å².